The summed E-state index contributed by atoms with van der Waals surface area (Å²) in [6.45, 7) is 1.38. The van der Waals surface area contributed by atoms with Gasteiger partial charge in [0.15, 0.2) is 0 Å². The number of pyridine rings is 1. The van der Waals surface area contributed by atoms with Crippen LogP contribution in [0.25, 0.3) is 5.65 Å². The fraction of sp³-hybridized carbons (Fsp3) is 0.143. The highest BCUT2D eigenvalue weighted by Crippen LogP contribution is 2.05. The average molecular weight is 271 g/mol. The van der Waals surface area contributed by atoms with E-state index in [9.17, 15) is 4.79 Å². The normalized spacial score (nSPS) is 10.9. The topological polar surface area (TPSA) is 46.4 Å². The lowest BCUT2D eigenvalue weighted by Crippen LogP contribution is -2.19. The summed E-state index contributed by atoms with van der Waals surface area (Å²) in [7, 11) is 0. The van der Waals surface area contributed by atoms with Gasteiger partial charge in [-0.3, -0.25) is 9.20 Å². The fourth-order valence-corrected chi connectivity index (χ4v) is 2.59. The first-order chi connectivity index (χ1) is 9.33. The van der Waals surface area contributed by atoms with Crippen molar-refractivity contribution in [3.8, 4) is 0 Å². The lowest BCUT2D eigenvalue weighted by Gasteiger charge is -2.05. The molecular weight excluding hydrogens is 258 g/mol. The Morgan fingerprint density at radius 3 is 3.05 bits per heavy atom. The Morgan fingerprint density at radius 1 is 1.26 bits per heavy atom. The van der Waals surface area contributed by atoms with Gasteiger partial charge in [-0.15, -0.1) is 0 Å². The molecule has 19 heavy (non-hydrogen) atoms. The predicted molar refractivity (Wildman–Crippen MR) is 76.3 cm³/mol. The molecule has 5 heteroatoms. The van der Waals surface area contributed by atoms with E-state index in [4.69, 9.17) is 0 Å². The summed E-state index contributed by atoms with van der Waals surface area (Å²) in [4.78, 5) is 16.3. The number of nitrogens with zero attached hydrogens (tertiary/aromatic N) is 2. The molecule has 0 aromatic carbocycles. The molecule has 1 N–H and O–H groups in total. The van der Waals surface area contributed by atoms with Crippen molar-refractivity contribution < 1.29 is 0 Å². The first kappa shape index (κ1) is 12.1. The van der Waals surface area contributed by atoms with E-state index in [1.807, 2.05) is 18.2 Å². The molecule has 0 amide bonds. The molecule has 3 aromatic heterocycles. The molecule has 0 fully saturated rings. The fourth-order valence-electron chi connectivity index (χ4n) is 1.92. The van der Waals surface area contributed by atoms with Crippen LogP contribution in [0.5, 0.6) is 0 Å². The maximum Gasteiger partial charge on any atom is 0.258 e. The third kappa shape index (κ3) is 2.72. The van der Waals surface area contributed by atoms with Crippen molar-refractivity contribution in [2.75, 3.05) is 0 Å². The van der Waals surface area contributed by atoms with Crippen LogP contribution >= 0.6 is 11.3 Å². The lowest BCUT2D eigenvalue weighted by atomic mass is 10.3. The highest BCUT2D eigenvalue weighted by molar-refractivity contribution is 7.07. The molecule has 0 unspecified atom stereocenters. The molecule has 0 radical (unpaired) electrons. The van der Waals surface area contributed by atoms with Crippen LogP contribution in [0.1, 0.15) is 11.3 Å². The molecule has 0 aliphatic heterocycles. The quantitative estimate of drug-likeness (QED) is 0.790. The second kappa shape index (κ2) is 5.34. The first-order valence-electron chi connectivity index (χ1n) is 6.02. The number of thiophene rings is 1. The Labute approximate surface area is 114 Å². The van der Waals surface area contributed by atoms with E-state index in [0.717, 1.165) is 12.2 Å². The number of fused-ring (bicyclic) bond motifs is 1. The Hall–Kier alpha value is -1.98. The summed E-state index contributed by atoms with van der Waals surface area (Å²) in [5.41, 5.74) is 2.66. The van der Waals surface area contributed by atoms with Gasteiger partial charge in [-0.1, -0.05) is 6.07 Å². The van der Waals surface area contributed by atoms with Gasteiger partial charge in [0.05, 0.1) is 5.69 Å². The third-order valence-electron chi connectivity index (χ3n) is 2.84. The molecule has 3 aromatic rings. The number of hydrogen-bond donors (Lipinski definition) is 1. The summed E-state index contributed by atoms with van der Waals surface area (Å²) >= 11 is 1.68. The van der Waals surface area contributed by atoms with Gasteiger partial charge in [-0.25, -0.2) is 4.98 Å². The summed E-state index contributed by atoms with van der Waals surface area (Å²) in [5.74, 6) is 0. The second-order valence-electron chi connectivity index (χ2n) is 4.25. The highest BCUT2D eigenvalue weighted by Gasteiger charge is 2.01. The third-order valence-corrected chi connectivity index (χ3v) is 3.57. The van der Waals surface area contributed by atoms with Crippen LogP contribution in [0.2, 0.25) is 0 Å². The number of hydrogen-bond acceptors (Lipinski definition) is 4. The molecule has 3 rings (SSSR count). The van der Waals surface area contributed by atoms with Crippen LogP contribution in [0.4, 0.5) is 0 Å². The standard InChI is InChI=1S/C14H13N3OS/c18-14-7-12(9-15-8-11-4-6-19-10-11)16-13-3-1-2-5-17(13)14/h1-7,10,15H,8-9H2. The number of aromatic nitrogens is 2. The van der Waals surface area contributed by atoms with Gasteiger partial charge in [0.25, 0.3) is 5.56 Å². The van der Waals surface area contributed by atoms with E-state index in [1.54, 1.807) is 28.0 Å². The zero-order valence-electron chi connectivity index (χ0n) is 10.2. The molecule has 0 aliphatic carbocycles. The van der Waals surface area contributed by atoms with Gasteiger partial charge >= 0.3 is 0 Å². The zero-order valence-corrected chi connectivity index (χ0v) is 11.1. The summed E-state index contributed by atoms with van der Waals surface area (Å²) in [6, 6.07) is 9.20. The zero-order chi connectivity index (χ0) is 13.1. The highest BCUT2D eigenvalue weighted by atomic mass is 32.1. The minimum Gasteiger partial charge on any atom is -0.307 e. The van der Waals surface area contributed by atoms with E-state index in [0.29, 0.717) is 12.2 Å². The molecular formula is C14H13N3OS. The van der Waals surface area contributed by atoms with Crippen molar-refractivity contribution >= 4 is 17.0 Å². The van der Waals surface area contributed by atoms with Gasteiger partial charge in [0.1, 0.15) is 5.65 Å². The van der Waals surface area contributed by atoms with Gasteiger partial charge in [0.2, 0.25) is 0 Å². The van der Waals surface area contributed by atoms with E-state index < -0.39 is 0 Å². The van der Waals surface area contributed by atoms with Gasteiger partial charge in [0, 0.05) is 25.4 Å². The van der Waals surface area contributed by atoms with Gasteiger partial charge in [-0.05, 0) is 34.5 Å². The van der Waals surface area contributed by atoms with Crippen LogP contribution in [-0.4, -0.2) is 9.38 Å². The minimum absolute atomic E-state index is 0.0436. The van der Waals surface area contributed by atoms with Gasteiger partial charge in [-0.2, -0.15) is 11.3 Å². The van der Waals surface area contributed by atoms with Crippen molar-refractivity contribution in [3.05, 3.63) is 68.9 Å². The largest absolute Gasteiger partial charge is 0.307 e. The van der Waals surface area contributed by atoms with E-state index in [-0.39, 0.29) is 5.56 Å². The summed E-state index contributed by atoms with van der Waals surface area (Å²) in [6.07, 6.45) is 1.73. The second-order valence-corrected chi connectivity index (χ2v) is 5.03. The van der Waals surface area contributed by atoms with Crippen molar-refractivity contribution in [3.63, 3.8) is 0 Å². The monoisotopic (exact) mass is 271 g/mol. The van der Waals surface area contributed by atoms with Crippen molar-refractivity contribution in [2.45, 2.75) is 13.1 Å². The Morgan fingerprint density at radius 2 is 2.21 bits per heavy atom. The summed E-state index contributed by atoms with van der Waals surface area (Å²) < 4.78 is 1.54. The number of nitrogens with one attached hydrogen (secondary N) is 1. The Balaban J connectivity index is 1.76. The first-order valence-corrected chi connectivity index (χ1v) is 6.96. The molecule has 0 atom stereocenters. The van der Waals surface area contributed by atoms with Crippen LogP contribution in [0.15, 0.2) is 52.1 Å². The smallest absolute Gasteiger partial charge is 0.258 e. The van der Waals surface area contributed by atoms with Crippen molar-refractivity contribution in [1.82, 2.24) is 14.7 Å². The maximum atomic E-state index is 11.9. The molecule has 0 spiro atoms. The van der Waals surface area contributed by atoms with Crippen LogP contribution < -0.4 is 10.9 Å². The molecule has 4 nitrogen and oxygen atoms in total. The van der Waals surface area contributed by atoms with E-state index in [2.05, 4.69) is 27.1 Å². The maximum absolute atomic E-state index is 11.9. The average Bonchev–Trinajstić information content (AvgIpc) is 2.92. The molecule has 0 bridgehead atoms. The molecule has 0 aliphatic rings. The summed E-state index contributed by atoms with van der Waals surface area (Å²) in [5, 5.41) is 7.45. The molecule has 0 saturated heterocycles. The predicted octanol–water partition coefficient (Wildman–Crippen LogP) is 2.05. The number of rotatable bonds is 4. The van der Waals surface area contributed by atoms with E-state index in [1.165, 1.54) is 5.56 Å². The molecule has 96 valence electrons. The van der Waals surface area contributed by atoms with Crippen LogP contribution in [-0.2, 0) is 13.1 Å². The Bertz CT molecular complexity index is 734. The van der Waals surface area contributed by atoms with Gasteiger partial charge < -0.3 is 5.32 Å². The molecule has 3 heterocycles. The van der Waals surface area contributed by atoms with E-state index >= 15 is 0 Å². The van der Waals surface area contributed by atoms with Crippen molar-refractivity contribution in [2.24, 2.45) is 0 Å². The van der Waals surface area contributed by atoms with Crippen LogP contribution in [0.3, 0.4) is 0 Å². The Kier molecular flexibility index (Phi) is 3.39. The SMILES string of the molecule is O=c1cc(CNCc2ccsc2)nc2ccccn12. The minimum atomic E-state index is -0.0436. The lowest BCUT2D eigenvalue weighted by molar-refractivity contribution is 0.679. The molecule has 0 saturated carbocycles. The van der Waals surface area contributed by atoms with Crippen LogP contribution in [0, 0.1) is 0 Å². The van der Waals surface area contributed by atoms with Crippen molar-refractivity contribution in [1.29, 1.82) is 0 Å².